The summed E-state index contributed by atoms with van der Waals surface area (Å²) in [4.78, 5) is 13.8. The third-order valence-electron chi connectivity index (χ3n) is 7.01. The maximum Gasteiger partial charge on any atom is 0.166 e. The zero-order chi connectivity index (χ0) is 22.1. The monoisotopic (exact) mass is 416 g/mol. The molecular formula is C31H28O. The molecule has 2 atom stereocenters. The van der Waals surface area contributed by atoms with Gasteiger partial charge < -0.3 is 0 Å². The van der Waals surface area contributed by atoms with E-state index in [0.29, 0.717) is 0 Å². The molecule has 0 bridgehead atoms. The van der Waals surface area contributed by atoms with Crippen molar-refractivity contribution in [3.63, 3.8) is 0 Å². The molecule has 0 radical (unpaired) electrons. The molecule has 5 rings (SSSR count). The van der Waals surface area contributed by atoms with E-state index in [4.69, 9.17) is 0 Å². The van der Waals surface area contributed by atoms with Gasteiger partial charge in [0, 0.05) is 22.8 Å². The molecule has 1 saturated carbocycles. The smallest absolute Gasteiger partial charge is 0.166 e. The predicted molar refractivity (Wildman–Crippen MR) is 133 cm³/mol. The van der Waals surface area contributed by atoms with Gasteiger partial charge in [-0.15, -0.1) is 0 Å². The Balaban J connectivity index is 1.60. The molecule has 1 aliphatic carbocycles. The van der Waals surface area contributed by atoms with Gasteiger partial charge in [-0.2, -0.15) is 0 Å². The normalized spacial score (nSPS) is 19.2. The van der Waals surface area contributed by atoms with Gasteiger partial charge >= 0.3 is 0 Å². The summed E-state index contributed by atoms with van der Waals surface area (Å²) >= 11 is 0. The fourth-order valence-electron chi connectivity index (χ4n) is 5.48. The van der Waals surface area contributed by atoms with E-state index in [0.717, 1.165) is 17.4 Å². The summed E-state index contributed by atoms with van der Waals surface area (Å²) in [6.45, 7) is 4.27. The minimum atomic E-state index is -0.184. The molecule has 0 aromatic heterocycles. The van der Waals surface area contributed by atoms with Crippen molar-refractivity contribution in [1.29, 1.82) is 0 Å². The molecular weight excluding hydrogens is 388 g/mol. The van der Waals surface area contributed by atoms with E-state index in [1.165, 1.54) is 22.1 Å². The van der Waals surface area contributed by atoms with Gasteiger partial charge in [0.25, 0.3) is 0 Å². The summed E-state index contributed by atoms with van der Waals surface area (Å²) in [5.41, 5.74) is 4.46. The fourth-order valence-corrected chi connectivity index (χ4v) is 5.48. The van der Waals surface area contributed by atoms with Crippen molar-refractivity contribution >= 4 is 16.6 Å². The van der Waals surface area contributed by atoms with Crippen LogP contribution in [0.2, 0.25) is 0 Å². The summed E-state index contributed by atoms with van der Waals surface area (Å²) in [7, 11) is 0. The molecule has 2 unspecified atom stereocenters. The van der Waals surface area contributed by atoms with E-state index < -0.39 is 0 Å². The Morgan fingerprint density at radius 1 is 0.750 bits per heavy atom. The van der Waals surface area contributed by atoms with Crippen molar-refractivity contribution in [1.82, 2.24) is 0 Å². The van der Waals surface area contributed by atoms with E-state index in [9.17, 15) is 4.79 Å². The van der Waals surface area contributed by atoms with Crippen molar-refractivity contribution in [2.24, 2.45) is 11.8 Å². The largest absolute Gasteiger partial charge is 0.294 e. The lowest BCUT2D eigenvalue weighted by molar-refractivity contribution is 0.0598. The molecule has 4 aromatic rings. The minimum absolute atomic E-state index is 0.0357. The van der Waals surface area contributed by atoms with Crippen LogP contribution < -0.4 is 0 Å². The Hall–Kier alpha value is -3.45. The van der Waals surface area contributed by atoms with E-state index in [1.807, 2.05) is 18.2 Å². The van der Waals surface area contributed by atoms with E-state index >= 15 is 0 Å². The van der Waals surface area contributed by atoms with Crippen LogP contribution in [-0.2, 0) is 5.41 Å². The highest BCUT2D eigenvalue weighted by atomic mass is 16.1. The molecule has 0 spiro atoms. The van der Waals surface area contributed by atoms with Gasteiger partial charge in [-0.25, -0.2) is 0 Å². The Bertz CT molecular complexity index is 1240. The van der Waals surface area contributed by atoms with E-state index in [2.05, 4.69) is 105 Å². The van der Waals surface area contributed by atoms with Crippen LogP contribution >= 0.6 is 0 Å². The van der Waals surface area contributed by atoms with Crippen molar-refractivity contribution in [2.45, 2.75) is 25.7 Å². The number of hydrogen-bond donors (Lipinski definition) is 0. The number of Topliss-reactive ketones (excluding diaryl/α,β-unsaturated/α-hetero) is 1. The van der Waals surface area contributed by atoms with Crippen molar-refractivity contribution in [3.8, 4) is 0 Å². The lowest BCUT2D eigenvalue weighted by atomic mass is 9.47. The topological polar surface area (TPSA) is 17.1 Å². The summed E-state index contributed by atoms with van der Waals surface area (Å²) in [5.74, 6) is 0.337. The van der Waals surface area contributed by atoms with Crippen LogP contribution in [0.4, 0.5) is 0 Å². The molecule has 32 heavy (non-hydrogen) atoms. The lowest BCUT2D eigenvalue weighted by Gasteiger charge is -2.55. The number of allylic oxidation sites excluding steroid dienone is 2. The SMILES string of the molecule is CC(C)=CC1C(C(=O)c2ccc3ccccc3c2)CC1(c1ccccc1)c1ccccc1. The van der Waals surface area contributed by atoms with Crippen LogP contribution in [0.25, 0.3) is 10.8 Å². The van der Waals surface area contributed by atoms with Crippen molar-refractivity contribution in [2.75, 3.05) is 0 Å². The number of benzene rings is 4. The molecule has 158 valence electrons. The molecule has 1 nitrogen and oxygen atoms in total. The van der Waals surface area contributed by atoms with Gasteiger partial charge in [-0.05, 0) is 48.2 Å². The first-order valence-corrected chi connectivity index (χ1v) is 11.4. The number of hydrogen-bond acceptors (Lipinski definition) is 1. The third kappa shape index (κ3) is 3.39. The van der Waals surface area contributed by atoms with Gasteiger partial charge in [0.15, 0.2) is 5.78 Å². The first kappa shape index (κ1) is 20.5. The molecule has 1 aliphatic rings. The minimum Gasteiger partial charge on any atom is -0.294 e. The van der Waals surface area contributed by atoms with Crippen LogP contribution in [0.5, 0.6) is 0 Å². The maximum absolute atomic E-state index is 13.8. The Kier molecular flexibility index (Phi) is 5.27. The first-order valence-electron chi connectivity index (χ1n) is 11.4. The first-order chi connectivity index (χ1) is 15.6. The zero-order valence-electron chi connectivity index (χ0n) is 18.7. The number of ketones is 1. The van der Waals surface area contributed by atoms with Gasteiger partial charge in [0.05, 0.1) is 0 Å². The third-order valence-corrected chi connectivity index (χ3v) is 7.01. The second kappa shape index (κ2) is 8.24. The highest BCUT2D eigenvalue weighted by molar-refractivity contribution is 6.02. The average molecular weight is 417 g/mol. The van der Waals surface area contributed by atoms with E-state index in [1.54, 1.807) is 0 Å². The Labute approximate surface area is 190 Å². The highest BCUT2D eigenvalue weighted by Crippen LogP contribution is 2.58. The van der Waals surface area contributed by atoms with Crippen LogP contribution in [0.1, 0.15) is 41.8 Å². The summed E-state index contributed by atoms with van der Waals surface area (Å²) < 4.78 is 0. The number of rotatable bonds is 5. The number of carbonyl (C=O) groups is 1. The summed E-state index contributed by atoms with van der Waals surface area (Å²) in [6.07, 6.45) is 3.15. The van der Waals surface area contributed by atoms with Crippen LogP contribution in [-0.4, -0.2) is 5.78 Å². The molecule has 0 aliphatic heterocycles. The van der Waals surface area contributed by atoms with Gasteiger partial charge in [0.1, 0.15) is 0 Å². The zero-order valence-corrected chi connectivity index (χ0v) is 18.7. The Morgan fingerprint density at radius 3 is 1.91 bits per heavy atom. The molecule has 0 N–H and O–H groups in total. The molecule has 0 saturated heterocycles. The number of carbonyl (C=O) groups excluding carboxylic acids is 1. The van der Waals surface area contributed by atoms with Crippen molar-refractivity contribution < 1.29 is 4.79 Å². The molecule has 4 aromatic carbocycles. The van der Waals surface area contributed by atoms with Crippen LogP contribution in [0, 0.1) is 11.8 Å². The highest BCUT2D eigenvalue weighted by Gasteiger charge is 2.57. The van der Waals surface area contributed by atoms with Crippen molar-refractivity contribution in [3.05, 3.63) is 131 Å². The number of fused-ring (bicyclic) bond motifs is 1. The average Bonchev–Trinajstić information content (AvgIpc) is 2.83. The molecule has 0 amide bonds. The lowest BCUT2D eigenvalue weighted by Crippen LogP contribution is -2.54. The van der Waals surface area contributed by atoms with Gasteiger partial charge in [0.2, 0.25) is 0 Å². The van der Waals surface area contributed by atoms with Crippen LogP contribution in [0.15, 0.2) is 115 Å². The quantitative estimate of drug-likeness (QED) is 0.242. The van der Waals surface area contributed by atoms with Crippen LogP contribution in [0.3, 0.4) is 0 Å². The summed E-state index contributed by atoms with van der Waals surface area (Å²) in [5, 5.41) is 2.29. The second-order valence-corrected chi connectivity index (χ2v) is 9.21. The Morgan fingerprint density at radius 2 is 1.31 bits per heavy atom. The van der Waals surface area contributed by atoms with E-state index in [-0.39, 0.29) is 23.0 Å². The van der Waals surface area contributed by atoms with Gasteiger partial charge in [-0.3, -0.25) is 4.79 Å². The summed E-state index contributed by atoms with van der Waals surface area (Å²) in [6, 6.07) is 35.8. The standard InChI is InChI=1S/C31H28O/c1-22(2)19-29-28(30(32)25-18-17-23-11-9-10-12-24(23)20-25)21-31(29,26-13-5-3-6-14-26)27-15-7-4-8-16-27/h3-20,28-29H,21H2,1-2H3. The maximum atomic E-state index is 13.8. The molecule has 1 fully saturated rings. The molecule has 1 heteroatoms. The van der Waals surface area contributed by atoms with Gasteiger partial charge in [-0.1, -0.05) is 109 Å². The second-order valence-electron chi connectivity index (χ2n) is 9.21. The fraction of sp³-hybridized carbons (Fsp3) is 0.194. The molecule has 0 heterocycles. The predicted octanol–water partition coefficient (Wildman–Crippen LogP) is 7.61.